The van der Waals surface area contributed by atoms with E-state index in [9.17, 15) is 18.0 Å². The van der Waals surface area contributed by atoms with Crippen LogP contribution in [-0.4, -0.2) is 42.4 Å². The van der Waals surface area contributed by atoms with E-state index >= 15 is 0 Å². The molecule has 2 heterocycles. The third-order valence-corrected chi connectivity index (χ3v) is 6.39. The number of rotatable bonds is 2. The molecule has 2 aliphatic rings. The zero-order valence-electron chi connectivity index (χ0n) is 13.8. The Bertz CT molecular complexity index is 1060. The lowest BCUT2D eigenvalue weighted by molar-refractivity contribution is -0.111. The fourth-order valence-electron chi connectivity index (χ4n) is 3.32. The summed E-state index contributed by atoms with van der Waals surface area (Å²) in [5.74, 6) is -1.47. The van der Waals surface area contributed by atoms with Gasteiger partial charge in [0.1, 0.15) is 5.69 Å². The van der Waals surface area contributed by atoms with Gasteiger partial charge in [-0.25, -0.2) is 12.4 Å². The average molecular weight is 356 g/mol. The lowest BCUT2D eigenvalue weighted by Crippen LogP contribution is -2.32. The van der Waals surface area contributed by atoms with Gasteiger partial charge in [-0.15, -0.1) is 0 Å². The zero-order valence-corrected chi connectivity index (χ0v) is 14.6. The predicted octanol–water partition coefficient (Wildman–Crippen LogP) is 1.63. The Labute approximate surface area is 145 Å². The van der Waals surface area contributed by atoms with Gasteiger partial charge in [0.25, 0.3) is 15.8 Å². The van der Waals surface area contributed by atoms with E-state index in [1.807, 2.05) is 18.9 Å². The summed E-state index contributed by atoms with van der Waals surface area (Å²) >= 11 is 0. The van der Waals surface area contributed by atoms with Crippen molar-refractivity contribution in [1.82, 2.24) is 8.87 Å². The Kier molecular flexibility index (Phi) is 3.27. The quantitative estimate of drug-likeness (QED) is 0.765. The number of hydrogen-bond acceptors (Lipinski definition) is 5. The summed E-state index contributed by atoms with van der Waals surface area (Å²) in [6.07, 6.45) is 3.40. The number of aryl methyl sites for hydroxylation is 1. The number of Topliss-reactive ketones (excluding diaryl/α,β-unsaturated/α-hetero) is 1. The summed E-state index contributed by atoms with van der Waals surface area (Å²) in [5, 5.41) is 0. The van der Waals surface area contributed by atoms with Crippen LogP contribution < -0.4 is 0 Å². The molecule has 1 aliphatic carbocycles. The van der Waals surface area contributed by atoms with E-state index in [1.165, 1.54) is 24.4 Å². The van der Waals surface area contributed by atoms with Crippen LogP contribution in [0.25, 0.3) is 5.70 Å². The molecule has 0 amide bonds. The molecule has 1 aliphatic heterocycles. The van der Waals surface area contributed by atoms with Gasteiger partial charge >= 0.3 is 0 Å². The molecule has 0 bridgehead atoms. The Morgan fingerprint density at radius 1 is 1.08 bits per heavy atom. The van der Waals surface area contributed by atoms with E-state index in [0.717, 1.165) is 15.1 Å². The molecular weight excluding hydrogens is 340 g/mol. The number of nitrogens with zero attached hydrogens (tertiary/aromatic N) is 2. The maximum Gasteiger partial charge on any atom is 0.268 e. The summed E-state index contributed by atoms with van der Waals surface area (Å²) in [6, 6.07) is 6.42. The van der Waals surface area contributed by atoms with E-state index in [0.29, 0.717) is 24.2 Å². The smallest absolute Gasteiger partial charge is 0.268 e. The zero-order chi connectivity index (χ0) is 17.9. The molecule has 128 valence electrons. The summed E-state index contributed by atoms with van der Waals surface area (Å²) < 4.78 is 27.1. The number of allylic oxidation sites excluding steroid dienone is 1. The highest BCUT2D eigenvalue weighted by Crippen LogP contribution is 2.37. The lowest BCUT2D eigenvalue weighted by atomic mass is 9.92. The van der Waals surface area contributed by atoms with Gasteiger partial charge in [0.05, 0.1) is 10.6 Å². The molecule has 1 aromatic heterocycles. The van der Waals surface area contributed by atoms with E-state index in [4.69, 9.17) is 0 Å². The molecule has 0 unspecified atom stereocenters. The van der Waals surface area contributed by atoms with Crippen molar-refractivity contribution in [3.63, 3.8) is 0 Å². The van der Waals surface area contributed by atoms with E-state index in [1.54, 1.807) is 12.1 Å². The average Bonchev–Trinajstić information content (AvgIpc) is 2.97. The first-order valence-electron chi connectivity index (χ1n) is 7.89. The van der Waals surface area contributed by atoms with Gasteiger partial charge in [0.15, 0.2) is 0 Å². The maximum atomic E-state index is 13.1. The molecule has 0 N–H and O–H groups in total. The second-order valence-corrected chi connectivity index (χ2v) is 8.20. The van der Waals surface area contributed by atoms with Crippen molar-refractivity contribution in [2.24, 2.45) is 0 Å². The normalized spacial score (nSPS) is 16.7. The number of benzene rings is 1. The number of hydrogen-bond donors (Lipinski definition) is 0. The number of aromatic nitrogens is 1. The van der Waals surface area contributed by atoms with Crippen molar-refractivity contribution in [3.05, 3.63) is 58.9 Å². The van der Waals surface area contributed by atoms with E-state index in [-0.39, 0.29) is 10.6 Å². The highest BCUT2D eigenvalue weighted by atomic mass is 32.2. The van der Waals surface area contributed by atoms with Gasteiger partial charge in [0, 0.05) is 31.4 Å². The van der Waals surface area contributed by atoms with Crippen LogP contribution in [0.5, 0.6) is 0 Å². The van der Waals surface area contributed by atoms with Crippen molar-refractivity contribution in [2.75, 3.05) is 13.6 Å². The van der Waals surface area contributed by atoms with Crippen LogP contribution in [0.3, 0.4) is 0 Å². The Hall–Kier alpha value is -2.67. The molecule has 2 aromatic rings. The minimum atomic E-state index is -3.96. The number of ketones is 2. The van der Waals surface area contributed by atoms with E-state index < -0.39 is 21.6 Å². The minimum absolute atomic E-state index is 0.0513. The van der Waals surface area contributed by atoms with Gasteiger partial charge in [0.2, 0.25) is 5.78 Å². The van der Waals surface area contributed by atoms with Crippen molar-refractivity contribution < 1.29 is 18.0 Å². The molecule has 0 saturated carbocycles. The molecule has 25 heavy (non-hydrogen) atoms. The molecule has 0 fully saturated rings. The van der Waals surface area contributed by atoms with E-state index in [2.05, 4.69) is 0 Å². The SMILES string of the molecule is Cc1ccc(S(=O)(=O)n2cc3c4c2C(=O)C(=O)C=C4N(C)CC3)cc1. The topological polar surface area (TPSA) is 76.5 Å². The minimum Gasteiger partial charge on any atom is -0.374 e. The van der Waals surface area contributed by atoms with Gasteiger partial charge in [-0.1, -0.05) is 17.7 Å². The van der Waals surface area contributed by atoms with Crippen LogP contribution in [0.4, 0.5) is 0 Å². The van der Waals surface area contributed by atoms with Crippen molar-refractivity contribution in [3.8, 4) is 0 Å². The Morgan fingerprint density at radius 3 is 2.44 bits per heavy atom. The molecule has 0 atom stereocenters. The van der Waals surface area contributed by atoms with Gasteiger partial charge in [-0.05, 0) is 31.0 Å². The molecule has 4 rings (SSSR count). The molecule has 7 heteroatoms. The molecule has 1 aromatic carbocycles. The van der Waals surface area contributed by atoms with Crippen molar-refractivity contribution >= 4 is 27.3 Å². The van der Waals surface area contributed by atoms with Gasteiger partial charge in [-0.3, -0.25) is 9.59 Å². The first kappa shape index (κ1) is 15.8. The summed E-state index contributed by atoms with van der Waals surface area (Å²) in [4.78, 5) is 26.5. The van der Waals surface area contributed by atoms with Crippen LogP contribution >= 0.6 is 0 Å². The molecule has 0 spiro atoms. The highest BCUT2D eigenvalue weighted by molar-refractivity contribution is 7.90. The second-order valence-electron chi connectivity index (χ2n) is 6.39. The van der Waals surface area contributed by atoms with Crippen molar-refractivity contribution in [1.29, 1.82) is 0 Å². The third-order valence-electron chi connectivity index (χ3n) is 4.72. The Balaban J connectivity index is 1.99. The number of likely N-dealkylation sites (N-methyl/N-ethyl adjacent to an activating group) is 1. The monoisotopic (exact) mass is 356 g/mol. The highest BCUT2D eigenvalue weighted by Gasteiger charge is 2.38. The third kappa shape index (κ3) is 2.19. The van der Waals surface area contributed by atoms with Crippen LogP contribution in [-0.2, 0) is 21.2 Å². The van der Waals surface area contributed by atoms with Crippen LogP contribution in [0, 0.1) is 6.92 Å². The van der Waals surface area contributed by atoms with Gasteiger partial charge < -0.3 is 4.90 Å². The van der Waals surface area contributed by atoms with Crippen LogP contribution in [0.2, 0.25) is 0 Å². The summed E-state index contributed by atoms with van der Waals surface area (Å²) in [7, 11) is -2.13. The number of carbonyl (C=O) groups excluding carboxylic acids is 2. The molecular formula is C18H16N2O4S. The standard InChI is InChI=1S/C18H16N2O4S/c1-11-3-5-13(6-4-11)25(23,24)20-10-12-7-8-19(2)14-9-15(21)18(22)17(20)16(12)14/h3-6,9-10H,7-8H2,1-2H3. The first-order valence-corrected chi connectivity index (χ1v) is 9.33. The molecule has 6 nitrogen and oxygen atoms in total. The van der Waals surface area contributed by atoms with Crippen LogP contribution in [0.1, 0.15) is 27.2 Å². The van der Waals surface area contributed by atoms with Gasteiger partial charge in [-0.2, -0.15) is 0 Å². The van der Waals surface area contributed by atoms with Crippen molar-refractivity contribution in [2.45, 2.75) is 18.2 Å². The number of carbonyl (C=O) groups is 2. The van der Waals surface area contributed by atoms with Crippen LogP contribution in [0.15, 0.2) is 41.4 Å². The maximum absolute atomic E-state index is 13.1. The Morgan fingerprint density at radius 2 is 1.76 bits per heavy atom. The lowest BCUT2D eigenvalue weighted by Gasteiger charge is -2.30. The second kappa shape index (κ2) is 5.16. The summed E-state index contributed by atoms with van der Waals surface area (Å²) in [6.45, 7) is 2.53. The fourth-order valence-corrected chi connectivity index (χ4v) is 4.71. The first-order chi connectivity index (χ1) is 11.8. The molecule has 0 saturated heterocycles. The predicted molar refractivity (Wildman–Crippen MR) is 91.8 cm³/mol. The summed E-state index contributed by atoms with van der Waals surface area (Å²) in [5.41, 5.74) is 2.83. The fraction of sp³-hybridized carbons (Fsp3) is 0.222. The molecule has 0 radical (unpaired) electrons. The largest absolute Gasteiger partial charge is 0.374 e.